The first-order valence-corrected chi connectivity index (χ1v) is 9.79. The highest BCUT2D eigenvalue weighted by Crippen LogP contribution is 2.42. The molecule has 3 N–H and O–H groups in total. The fourth-order valence-corrected chi connectivity index (χ4v) is 3.71. The van der Waals surface area contributed by atoms with Gasteiger partial charge in [-0.2, -0.15) is 0 Å². The van der Waals surface area contributed by atoms with E-state index in [-0.39, 0.29) is 44.3 Å². The minimum atomic E-state index is -1.20. The summed E-state index contributed by atoms with van der Waals surface area (Å²) in [5.74, 6) is -2.08. The van der Waals surface area contributed by atoms with Crippen molar-refractivity contribution in [3.8, 4) is 11.5 Å². The van der Waals surface area contributed by atoms with E-state index in [9.17, 15) is 19.8 Å². The van der Waals surface area contributed by atoms with E-state index in [2.05, 4.69) is 5.32 Å². The Labute approximate surface area is 187 Å². The lowest BCUT2D eigenvalue weighted by Crippen LogP contribution is -2.46. The summed E-state index contributed by atoms with van der Waals surface area (Å²) >= 11 is 17.4. The van der Waals surface area contributed by atoms with Gasteiger partial charge in [0.05, 0.1) is 12.1 Å². The molecule has 156 valence electrons. The predicted octanol–water partition coefficient (Wildman–Crippen LogP) is 3.46. The maximum atomic E-state index is 13.0. The van der Waals surface area contributed by atoms with Gasteiger partial charge in [-0.15, -0.1) is 0 Å². The number of aliphatic carboxylic acids is 1. The van der Waals surface area contributed by atoms with Crippen LogP contribution in [0, 0.1) is 0 Å². The number of carboxylic acids is 1. The van der Waals surface area contributed by atoms with E-state index >= 15 is 0 Å². The van der Waals surface area contributed by atoms with E-state index in [0.29, 0.717) is 0 Å². The topological polar surface area (TPSA) is 99.1 Å². The number of nitrogens with zero attached hydrogens (tertiary/aromatic N) is 1. The van der Waals surface area contributed by atoms with Gasteiger partial charge in [-0.05, 0) is 29.9 Å². The zero-order chi connectivity index (χ0) is 22.0. The van der Waals surface area contributed by atoms with E-state index < -0.39 is 17.9 Å². The molecule has 0 aliphatic carbocycles. The Morgan fingerprint density at radius 3 is 2.57 bits per heavy atom. The Balaban J connectivity index is 1.96. The highest BCUT2D eigenvalue weighted by Gasteiger charge is 2.39. The third-order valence-corrected chi connectivity index (χ3v) is 5.64. The number of hydrogen-bond acceptors (Lipinski definition) is 5. The quantitative estimate of drug-likeness (QED) is 0.442. The van der Waals surface area contributed by atoms with Crippen LogP contribution in [0.15, 0.2) is 42.1 Å². The van der Waals surface area contributed by atoms with Gasteiger partial charge >= 0.3 is 5.97 Å². The van der Waals surface area contributed by atoms with Crippen LogP contribution in [-0.4, -0.2) is 45.3 Å². The lowest BCUT2D eigenvalue weighted by atomic mass is 10.0. The van der Waals surface area contributed by atoms with Gasteiger partial charge in [-0.25, -0.2) is 4.79 Å². The molecule has 0 radical (unpaired) electrons. The third kappa shape index (κ3) is 4.21. The average molecular weight is 467 g/mol. The van der Waals surface area contributed by atoms with Gasteiger partial charge in [0.2, 0.25) is 0 Å². The molecule has 2 aromatic rings. The molecule has 0 bridgehead atoms. The van der Waals surface area contributed by atoms with Crippen molar-refractivity contribution in [2.45, 2.75) is 12.5 Å². The molecule has 1 saturated heterocycles. The molecule has 1 fully saturated rings. The van der Waals surface area contributed by atoms with Gasteiger partial charge in [-0.3, -0.25) is 9.69 Å². The number of rotatable bonds is 6. The van der Waals surface area contributed by atoms with Crippen LogP contribution in [0.4, 0.5) is 0 Å². The molecule has 1 unspecified atom stereocenters. The first-order valence-electron chi connectivity index (χ1n) is 8.62. The Kier molecular flexibility index (Phi) is 6.50. The summed E-state index contributed by atoms with van der Waals surface area (Å²) < 4.78 is 5.05. The van der Waals surface area contributed by atoms with E-state index in [4.69, 9.17) is 40.2 Å². The number of methoxy groups -OCH3 is 1. The molecule has 1 atom stereocenters. The van der Waals surface area contributed by atoms with Gasteiger partial charge in [-0.1, -0.05) is 53.5 Å². The summed E-state index contributed by atoms with van der Waals surface area (Å²) in [4.78, 5) is 25.9. The van der Waals surface area contributed by atoms with Crippen molar-refractivity contribution in [2.75, 3.05) is 7.11 Å². The largest absolute Gasteiger partial charge is 0.503 e. The average Bonchev–Trinajstić information content (AvgIpc) is 3.00. The van der Waals surface area contributed by atoms with Crippen molar-refractivity contribution in [1.82, 2.24) is 10.2 Å². The van der Waals surface area contributed by atoms with Crippen LogP contribution >= 0.6 is 35.4 Å². The van der Waals surface area contributed by atoms with Gasteiger partial charge in [0.15, 0.2) is 16.6 Å². The van der Waals surface area contributed by atoms with E-state index in [0.717, 1.165) is 10.5 Å². The Bertz CT molecular complexity index is 1060. The number of halogens is 2. The number of thiocarbonyl (C=S) groups is 1. The first-order chi connectivity index (χ1) is 14.2. The fraction of sp³-hybridized carbons (Fsp3) is 0.150. The number of carboxylic acid groups (broad SMARTS) is 1. The third-order valence-electron chi connectivity index (χ3n) is 4.47. The normalized spacial score (nSPS) is 16.0. The fourth-order valence-electron chi connectivity index (χ4n) is 2.99. The standard InChI is InChI=1S/C20H16Cl2N2O5S/c1-29-14-9-11(15(21)16(22)17(14)25)8-12-18(26)24(20(30)23-12)13(19(27)28)7-10-5-3-2-4-6-10/h2-6,8-9,13,25H,7H2,1H3,(H,23,30)(H,27,28)/b12-8+. The summed E-state index contributed by atoms with van der Waals surface area (Å²) in [6.07, 6.45) is 1.45. The van der Waals surface area contributed by atoms with Crippen LogP contribution < -0.4 is 10.1 Å². The number of ether oxygens (including phenoxy) is 1. The summed E-state index contributed by atoms with van der Waals surface area (Å²) in [6, 6.07) is 9.13. The SMILES string of the molecule is COc1cc(/C=C2/NC(=S)N(C(Cc3ccccc3)C(=O)O)C2=O)c(Cl)c(Cl)c1O. The maximum absolute atomic E-state index is 13.0. The predicted molar refractivity (Wildman–Crippen MR) is 117 cm³/mol. The highest BCUT2D eigenvalue weighted by molar-refractivity contribution is 7.80. The summed E-state index contributed by atoms with van der Waals surface area (Å²) in [6.45, 7) is 0. The second-order valence-electron chi connectivity index (χ2n) is 6.35. The van der Waals surface area contributed by atoms with Crippen LogP contribution in [0.3, 0.4) is 0 Å². The molecule has 1 heterocycles. The molecule has 7 nitrogen and oxygen atoms in total. The van der Waals surface area contributed by atoms with Gasteiger partial charge < -0.3 is 20.3 Å². The molecular formula is C20H16Cl2N2O5S. The Hall–Kier alpha value is -2.81. The van der Waals surface area contributed by atoms with Crippen molar-refractivity contribution < 1.29 is 24.5 Å². The van der Waals surface area contributed by atoms with Crippen molar-refractivity contribution in [1.29, 1.82) is 0 Å². The number of amides is 1. The summed E-state index contributed by atoms with van der Waals surface area (Å²) in [5, 5.41) is 22.2. The van der Waals surface area contributed by atoms with Crippen LogP contribution in [0.25, 0.3) is 6.08 Å². The number of phenolic OH excluding ortho intramolecular Hbond substituents is 1. The number of carbonyl (C=O) groups is 2. The molecule has 1 aliphatic heterocycles. The molecule has 30 heavy (non-hydrogen) atoms. The monoisotopic (exact) mass is 466 g/mol. The smallest absolute Gasteiger partial charge is 0.327 e. The van der Waals surface area contributed by atoms with Gasteiger partial charge in [0.1, 0.15) is 16.8 Å². The van der Waals surface area contributed by atoms with E-state index in [1.165, 1.54) is 19.3 Å². The van der Waals surface area contributed by atoms with E-state index in [1.54, 1.807) is 24.3 Å². The Morgan fingerprint density at radius 2 is 1.97 bits per heavy atom. The molecule has 1 aliphatic rings. The molecule has 0 spiro atoms. The minimum Gasteiger partial charge on any atom is -0.503 e. The molecule has 10 heteroatoms. The van der Waals surface area contributed by atoms with Gasteiger partial charge in [0.25, 0.3) is 5.91 Å². The molecule has 1 amide bonds. The Morgan fingerprint density at radius 1 is 1.30 bits per heavy atom. The zero-order valence-corrected chi connectivity index (χ0v) is 17.9. The van der Waals surface area contributed by atoms with Crippen LogP contribution in [0.5, 0.6) is 11.5 Å². The van der Waals surface area contributed by atoms with E-state index in [1.807, 2.05) is 6.07 Å². The van der Waals surface area contributed by atoms with Crippen molar-refractivity contribution in [3.05, 3.63) is 63.3 Å². The molecule has 3 rings (SSSR count). The van der Waals surface area contributed by atoms with Crippen LogP contribution in [0.2, 0.25) is 10.0 Å². The number of phenols is 1. The van der Waals surface area contributed by atoms with Gasteiger partial charge in [0, 0.05) is 12.0 Å². The second kappa shape index (κ2) is 8.91. The first kappa shape index (κ1) is 21.9. The van der Waals surface area contributed by atoms with Crippen LogP contribution in [0.1, 0.15) is 11.1 Å². The molecule has 0 aromatic heterocycles. The number of benzene rings is 2. The lowest BCUT2D eigenvalue weighted by molar-refractivity contribution is -0.145. The zero-order valence-electron chi connectivity index (χ0n) is 15.6. The second-order valence-corrected chi connectivity index (χ2v) is 7.49. The number of aromatic hydroxyl groups is 1. The number of carbonyl (C=O) groups excluding carboxylic acids is 1. The lowest BCUT2D eigenvalue weighted by Gasteiger charge is -2.22. The maximum Gasteiger partial charge on any atom is 0.327 e. The molecular weight excluding hydrogens is 451 g/mol. The van der Waals surface area contributed by atoms with Crippen molar-refractivity contribution in [3.63, 3.8) is 0 Å². The summed E-state index contributed by atoms with van der Waals surface area (Å²) in [7, 11) is 1.34. The number of nitrogens with one attached hydrogen (secondary N) is 1. The van der Waals surface area contributed by atoms with Crippen LogP contribution in [-0.2, 0) is 16.0 Å². The molecule has 2 aromatic carbocycles. The minimum absolute atomic E-state index is 0.000468. The van der Waals surface area contributed by atoms with Crippen molar-refractivity contribution in [2.24, 2.45) is 0 Å². The summed E-state index contributed by atoms with van der Waals surface area (Å²) in [5.41, 5.74) is 1.05. The van der Waals surface area contributed by atoms with Crippen molar-refractivity contribution >= 4 is 58.5 Å². The number of hydrogen-bond donors (Lipinski definition) is 3. The molecule has 0 saturated carbocycles. The highest BCUT2D eigenvalue weighted by atomic mass is 35.5.